The molecule has 2 amide bonds. The summed E-state index contributed by atoms with van der Waals surface area (Å²) in [7, 11) is 0. The number of hydrogen-bond acceptors (Lipinski definition) is 5. The molecular formula is C36H36ClN7O2. The summed E-state index contributed by atoms with van der Waals surface area (Å²) in [6.45, 7) is 1.50. The van der Waals surface area contributed by atoms with E-state index in [0.29, 0.717) is 34.7 Å². The minimum atomic E-state index is -0.166. The van der Waals surface area contributed by atoms with Gasteiger partial charge in [-0.05, 0) is 95.8 Å². The SMILES string of the molecule is O=C(NC1CCC1)N1CCC(c2cccc(C(Cc3ccccc3)c3ccc(-c4cc(Cl)ccc4-n4cnnn4)c[n+]3[O-])c2)CC1. The van der Waals surface area contributed by atoms with Crippen LogP contribution < -0.4 is 10.0 Å². The highest BCUT2D eigenvalue weighted by Crippen LogP contribution is 2.34. The fourth-order valence-electron chi connectivity index (χ4n) is 6.64. The van der Waals surface area contributed by atoms with Gasteiger partial charge in [-0.1, -0.05) is 66.2 Å². The number of rotatable bonds is 8. The number of hydrogen-bond donors (Lipinski definition) is 1. The minimum absolute atomic E-state index is 0.0751. The number of carbonyl (C=O) groups is 1. The van der Waals surface area contributed by atoms with Gasteiger partial charge in [0.1, 0.15) is 6.33 Å². The molecule has 2 fully saturated rings. The first-order valence-electron chi connectivity index (χ1n) is 16.0. The van der Waals surface area contributed by atoms with Gasteiger partial charge in [-0.2, -0.15) is 9.41 Å². The molecule has 3 heterocycles. The second kappa shape index (κ2) is 13.3. The molecule has 1 aliphatic carbocycles. The Kier molecular flexibility index (Phi) is 8.66. The van der Waals surface area contributed by atoms with Gasteiger partial charge in [-0.3, -0.25) is 0 Å². The summed E-state index contributed by atoms with van der Waals surface area (Å²) < 4.78 is 2.54. The van der Waals surface area contributed by atoms with Gasteiger partial charge in [0, 0.05) is 41.3 Å². The van der Waals surface area contributed by atoms with Gasteiger partial charge in [-0.15, -0.1) is 5.10 Å². The first-order valence-corrected chi connectivity index (χ1v) is 16.4. The fourth-order valence-corrected chi connectivity index (χ4v) is 6.81. The molecule has 1 saturated heterocycles. The van der Waals surface area contributed by atoms with Crippen LogP contribution in [0.2, 0.25) is 5.02 Å². The Bertz CT molecular complexity index is 1800. The fraction of sp³-hybridized carbons (Fsp3) is 0.306. The van der Waals surface area contributed by atoms with Gasteiger partial charge >= 0.3 is 6.03 Å². The average molecular weight is 634 g/mol. The van der Waals surface area contributed by atoms with Crippen molar-refractivity contribution in [1.29, 1.82) is 0 Å². The van der Waals surface area contributed by atoms with E-state index in [9.17, 15) is 10.0 Å². The van der Waals surface area contributed by atoms with Crippen molar-refractivity contribution in [2.75, 3.05) is 13.1 Å². The van der Waals surface area contributed by atoms with Crippen molar-refractivity contribution in [2.45, 2.75) is 56.4 Å². The molecule has 7 rings (SSSR count). The van der Waals surface area contributed by atoms with Gasteiger partial charge in [0.2, 0.25) is 5.69 Å². The predicted octanol–water partition coefficient (Wildman–Crippen LogP) is 6.43. The number of benzene rings is 3. The molecule has 1 atom stereocenters. The molecule has 10 heteroatoms. The first kappa shape index (κ1) is 29.9. The smallest absolute Gasteiger partial charge is 0.317 e. The number of carbonyl (C=O) groups excluding carboxylic acids is 1. The first-order chi connectivity index (χ1) is 22.5. The molecule has 1 aliphatic heterocycles. The Morgan fingerprint density at radius 2 is 1.80 bits per heavy atom. The summed E-state index contributed by atoms with van der Waals surface area (Å²) in [6, 6.07) is 28.7. The van der Waals surface area contributed by atoms with Crippen LogP contribution in [0.5, 0.6) is 0 Å². The number of urea groups is 1. The van der Waals surface area contributed by atoms with Crippen LogP contribution in [-0.4, -0.2) is 50.3 Å². The second-order valence-electron chi connectivity index (χ2n) is 12.3. The van der Waals surface area contributed by atoms with Gasteiger partial charge in [-0.25, -0.2) is 4.79 Å². The van der Waals surface area contributed by atoms with Crippen molar-refractivity contribution in [3.8, 4) is 16.8 Å². The zero-order chi connectivity index (χ0) is 31.5. The monoisotopic (exact) mass is 633 g/mol. The molecular weight excluding hydrogens is 598 g/mol. The predicted molar refractivity (Wildman–Crippen MR) is 177 cm³/mol. The van der Waals surface area contributed by atoms with Crippen molar-refractivity contribution in [2.24, 2.45) is 0 Å². The third kappa shape index (κ3) is 6.46. The maximum atomic E-state index is 13.9. The largest absolute Gasteiger partial charge is 0.618 e. The van der Waals surface area contributed by atoms with Crippen LogP contribution in [0.3, 0.4) is 0 Å². The van der Waals surface area contributed by atoms with Crippen LogP contribution in [0.4, 0.5) is 4.79 Å². The number of likely N-dealkylation sites (tertiary alicyclic amines) is 1. The van der Waals surface area contributed by atoms with E-state index >= 15 is 0 Å². The molecule has 234 valence electrons. The summed E-state index contributed by atoms with van der Waals surface area (Å²) in [4.78, 5) is 14.7. The number of nitrogens with zero attached hydrogens (tertiary/aromatic N) is 6. The summed E-state index contributed by atoms with van der Waals surface area (Å²) in [6.07, 6.45) is 9.04. The number of halogens is 1. The molecule has 3 aromatic carbocycles. The van der Waals surface area contributed by atoms with Crippen LogP contribution in [-0.2, 0) is 6.42 Å². The molecule has 1 saturated carbocycles. The highest BCUT2D eigenvalue weighted by molar-refractivity contribution is 6.31. The number of piperidine rings is 1. The summed E-state index contributed by atoms with van der Waals surface area (Å²) in [5.74, 6) is 0.194. The second-order valence-corrected chi connectivity index (χ2v) is 12.8. The minimum Gasteiger partial charge on any atom is -0.618 e. The highest BCUT2D eigenvalue weighted by atomic mass is 35.5. The number of tetrazole rings is 1. The number of nitrogens with one attached hydrogen (secondary N) is 1. The molecule has 0 radical (unpaired) electrons. The zero-order valence-electron chi connectivity index (χ0n) is 25.5. The van der Waals surface area contributed by atoms with Gasteiger partial charge in [0.15, 0.2) is 6.20 Å². The van der Waals surface area contributed by atoms with E-state index in [1.165, 1.54) is 18.3 Å². The van der Waals surface area contributed by atoms with Crippen molar-refractivity contribution in [3.63, 3.8) is 0 Å². The lowest BCUT2D eigenvalue weighted by atomic mass is 9.84. The maximum absolute atomic E-state index is 13.9. The summed E-state index contributed by atoms with van der Waals surface area (Å²) in [5.41, 5.74) is 6.37. The van der Waals surface area contributed by atoms with Crippen molar-refractivity contribution < 1.29 is 9.52 Å². The number of aromatic nitrogens is 5. The lowest BCUT2D eigenvalue weighted by molar-refractivity contribution is -0.614. The molecule has 2 aliphatic rings. The van der Waals surface area contributed by atoms with E-state index in [1.54, 1.807) is 16.9 Å². The third-order valence-electron chi connectivity index (χ3n) is 9.45. The summed E-state index contributed by atoms with van der Waals surface area (Å²) >= 11 is 6.38. The van der Waals surface area contributed by atoms with E-state index in [1.807, 2.05) is 47.4 Å². The van der Waals surface area contributed by atoms with Crippen LogP contribution in [0.1, 0.15) is 66.3 Å². The topological polar surface area (TPSA) is 103 Å². The summed E-state index contributed by atoms with van der Waals surface area (Å²) in [5, 5.41) is 29.2. The molecule has 5 aromatic rings. The quantitative estimate of drug-likeness (QED) is 0.157. The lowest BCUT2D eigenvalue weighted by Crippen LogP contribution is -2.49. The normalized spacial score (nSPS) is 16.2. The molecule has 1 N–H and O–H groups in total. The zero-order valence-corrected chi connectivity index (χ0v) is 26.3. The highest BCUT2D eigenvalue weighted by Gasteiger charge is 2.29. The Balaban J connectivity index is 1.17. The van der Waals surface area contributed by atoms with Crippen molar-refractivity contribution in [3.05, 3.63) is 130 Å². The molecule has 1 unspecified atom stereocenters. The van der Waals surface area contributed by atoms with E-state index in [0.717, 1.165) is 65.9 Å². The van der Waals surface area contributed by atoms with Crippen molar-refractivity contribution >= 4 is 17.6 Å². The molecule has 0 bridgehead atoms. The molecule has 2 aromatic heterocycles. The van der Waals surface area contributed by atoms with Crippen molar-refractivity contribution in [1.82, 2.24) is 30.4 Å². The van der Waals surface area contributed by atoms with Crippen LogP contribution in [0.25, 0.3) is 16.8 Å². The van der Waals surface area contributed by atoms with Crippen LogP contribution in [0, 0.1) is 5.21 Å². The number of amides is 2. The van der Waals surface area contributed by atoms with Crippen LogP contribution >= 0.6 is 11.6 Å². The lowest BCUT2D eigenvalue weighted by Gasteiger charge is -2.35. The Morgan fingerprint density at radius 3 is 2.52 bits per heavy atom. The van der Waals surface area contributed by atoms with E-state index in [2.05, 4.69) is 57.2 Å². The standard InChI is InChI=1S/C36H36ClN7O2/c37-30-13-15-34(43-24-38-40-41-43)33(22-30)29-12-14-35(44(46)23-29)32(20-25-6-2-1-3-7-25)28-9-4-8-27(21-28)26-16-18-42(19-17-26)36(45)39-31-10-5-11-31/h1-4,6-9,12-15,21-24,26,31-32H,5,10-11,16-20H2,(H,39,45). The van der Waals surface area contributed by atoms with E-state index in [4.69, 9.17) is 11.6 Å². The Morgan fingerprint density at radius 1 is 0.978 bits per heavy atom. The van der Waals surface area contributed by atoms with E-state index in [-0.39, 0.29) is 11.9 Å². The van der Waals surface area contributed by atoms with Gasteiger partial charge < -0.3 is 15.4 Å². The third-order valence-corrected chi connectivity index (χ3v) is 9.68. The van der Waals surface area contributed by atoms with Gasteiger partial charge in [0.05, 0.1) is 11.6 Å². The van der Waals surface area contributed by atoms with Crippen LogP contribution in [0.15, 0.2) is 97.5 Å². The average Bonchev–Trinajstić information content (AvgIpc) is 3.61. The molecule has 46 heavy (non-hydrogen) atoms. The molecule has 0 spiro atoms. The van der Waals surface area contributed by atoms with E-state index < -0.39 is 0 Å². The Labute approximate surface area is 273 Å². The maximum Gasteiger partial charge on any atom is 0.317 e. The Hall–Kier alpha value is -4.76. The number of pyridine rings is 1. The van der Waals surface area contributed by atoms with Gasteiger partial charge in [0.25, 0.3) is 0 Å². The molecule has 9 nitrogen and oxygen atoms in total.